The largest absolute Gasteiger partial charge is 0.241 e. The summed E-state index contributed by atoms with van der Waals surface area (Å²) in [4.78, 5) is 5.62. The molecule has 1 heterocycles. The third-order valence-corrected chi connectivity index (χ3v) is 4.74. The van der Waals surface area contributed by atoms with Gasteiger partial charge in [0.1, 0.15) is 5.01 Å². The first-order valence-electron chi connectivity index (χ1n) is 5.59. The summed E-state index contributed by atoms with van der Waals surface area (Å²) in [5, 5.41) is 10.2. The molecule has 0 aliphatic heterocycles. The number of thiazole rings is 1. The number of benzene rings is 1. The van der Waals surface area contributed by atoms with Crippen molar-refractivity contribution in [1.82, 2.24) is 4.98 Å². The minimum absolute atomic E-state index is 0.480. The van der Waals surface area contributed by atoms with Gasteiger partial charge in [0.2, 0.25) is 0 Å². The van der Waals surface area contributed by atoms with E-state index in [4.69, 9.17) is 0 Å². The molecule has 92 valence electrons. The number of hydrogen-bond donors (Lipinski definition) is 0. The Morgan fingerprint density at radius 3 is 2.72 bits per heavy atom. The zero-order chi connectivity index (χ0) is 13.3. The van der Waals surface area contributed by atoms with E-state index in [9.17, 15) is 5.26 Å². The molecule has 0 aliphatic rings. The number of rotatable bonds is 2. The van der Waals surface area contributed by atoms with E-state index in [1.807, 2.05) is 45.0 Å². The molecule has 18 heavy (non-hydrogen) atoms. The lowest BCUT2D eigenvalue weighted by atomic mass is 9.93. The Balaban J connectivity index is 2.51. The summed E-state index contributed by atoms with van der Waals surface area (Å²) in [6.45, 7) is 5.82. The number of halogens is 1. The van der Waals surface area contributed by atoms with Crippen LogP contribution in [0.3, 0.4) is 0 Å². The van der Waals surface area contributed by atoms with Crippen molar-refractivity contribution in [2.45, 2.75) is 26.2 Å². The van der Waals surface area contributed by atoms with E-state index in [0.717, 1.165) is 25.6 Å². The van der Waals surface area contributed by atoms with Crippen LogP contribution in [0.5, 0.6) is 0 Å². The van der Waals surface area contributed by atoms with Gasteiger partial charge in [0.05, 0.1) is 17.2 Å². The van der Waals surface area contributed by atoms with Gasteiger partial charge in [0.15, 0.2) is 0 Å². The topological polar surface area (TPSA) is 36.7 Å². The maximum Gasteiger partial charge on any atom is 0.123 e. The van der Waals surface area contributed by atoms with Gasteiger partial charge in [-0.05, 0) is 32.9 Å². The highest BCUT2D eigenvalue weighted by molar-refractivity contribution is 9.10. The number of nitrogens with zero attached hydrogens (tertiary/aromatic N) is 2. The van der Waals surface area contributed by atoms with Gasteiger partial charge in [-0.1, -0.05) is 28.1 Å². The zero-order valence-corrected chi connectivity index (χ0v) is 12.9. The average molecular weight is 321 g/mol. The second-order valence-corrected chi connectivity index (χ2v) is 6.60. The highest BCUT2D eigenvalue weighted by atomic mass is 79.9. The Morgan fingerprint density at radius 1 is 1.39 bits per heavy atom. The summed E-state index contributed by atoms with van der Waals surface area (Å²) in [7, 11) is 0. The molecule has 0 radical (unpaired) electrons. The van der Waals surface area contributed by atoms with Crippen molar-refractivity contribution >= 4 is 27.3 Å². The van der Waals surface area contributed by atoms with Crippen LogP contribution in [-0.4, -0.2) is 4.98 Å². The lowest BCUT2D eigenvalue weighted by Gasteiger charge is -2.12. The molecular weight excluding hydrogens is 308 g/mol. The highest BCUT2D eigenvalue weighted by Crippen LogP contribution is 2.36. The first kappa shape index (κ1) is 13.3. The van der Waals surface area contributed by atoms with Crippen molar-refractivity contribution in [3.8, 4) is 16.6 Å². The Hall–Kier alpha value is -1.18. The van der Waals surface area contributed by atoms with Crippen molar-refractivity contribution in [3.05, 3.63) is 39.3 Å². The average Bonchev–Trinajstić information content (AvgIpc) is 2.72. The van der Waals surface area contributed by atoms with E-state index in [0.29, 0.717) is 0 Å². The van der Waals surface area contributed by atoms with Gasteiger partial charge in [-0.15, -0.1) is 11.3 Å². The first-order valence-corrected chi connectivity index (χ1v) is 7.20. The quantitative estimate of drug-likeness (QED) is 0.805. The Labute approximate surface area is 119 Å². The van der Waals surface area contributed by atoms with Crippen LogP contribution in [-0.2, 0) is 5.41 Å². The predicted molar refractivity (Wildman–Crippen MR) is 78.6 cm³/mol. The molecule has 0 aliphatic carbocycles. The minimum atomic E-state index is -0.480. The molecule has 2 nitrogen and oxygen atoms in total. The van der Waals surface area contributed by atoms with Crippen molar-refractivity contribution in [3.63, 3.8) is 0 Å². The van der Waals surface area contributed by atoms with Crippen molar-refractivity contribution in [2.75, 3.05) is 0 Å². The lowest BCUT2D eigenvalue weighted by molar-refractivity contribution is 0.695. The van der Waals surface area contributed by atoms with E-state index in [2.05, 4.69) is 27.0 Å². The van der Waals surface area contributed by atoms with Gasteiger partial charge in [-0.2, -0.15) is 5.26 Å². The number of aromatic nitrogens is 1. The monoisotopic (exact) mass is 320 g/mol. The molecule has 0 atom stereocenters. The van der Waals surface area contributed by atoms with Gasteiger partial charge < -0.3 is 0 Å². The lowest BCUT2D eigenvalue weighted by Crippen LogP contribution is -2.13. The van der Waals surface area contributed by atoms with E-state index >= 15 is 0 Å². The molecule has 1 aromatic carbocycles. The standard InChI is InChI=1S/C14H13BrN2S/c1-9-12(14(2,3)8-16)18-13(17-9)10-5-4-6-11(15)7-10/h4-7H,1-3H3. The third kappa shape index (κ3) is 2.47. The van der Waals surface area contributed by atoms with E-state index in [1.54, 1.807) is 11.3 Å². The van der Waals surface area contributed by atoms with Gasteiger partial charge in [-0.25, -0.2) is 4.98 Å². The Morgan fingerprint density at radius 2 is 2.11 bits per heavy atom. The van der Waals surface area contributed by atoms with Crippen LogP contribution >= 0.6 is 27.3 Å². The van der Waals surface area contributed by atoms with Crippen LogP contribution in [0, 0.1) is 18.3 Å². The second kappa shape index (κ2) is 4.83. The molecule has 0 unspecified atom stereocenters. The van der Waals surface area contributed by atoms with Crippen LogP contribution in [0.4, 0.5) is 0 Å². The molecule has 2 aromatic rings. The fourth-order valence-electron chi connectivity index (χ4n) is 1.77. The van der Waals surface area contributed by atoms with Crippen LogP contribution in [0.15, 0.2) is 28.7 Å². The van der Waals surface area contributed by atoms with E-state index in [-0.39, 0.29) is 0 Å². The van der Waals surface area contributed by atoms with Crippen LogP contribution in [0.25, 0.3) is 10.6 Å². The van der Waals surface area contributed by atoms with Crippen molar-refractivity contribution in [2.24, 2.45) is 0 Å². The van der Waals surface area contributed by atoms with E-state index < -0.39 is 5.41 Å². The SMILES string of the molecule is Cc1nc(-c2cccc(Br)c2)sc1C(C)(C)C#N. The Kier molecular flexibility index (Phi) is 3.56. The molecule has 0 fully saturated rings. The van der Waals surface area contributed by atoms with Gasteiger partial charge in [-0.3, -0.25) is 0 Å². The summed E-state index contributed by atoms with van der Waals surface area (Å²) in [6, 6.07) is 10.4. The molecule has 0 N–H and O–H groups in total. The number of aryl methyl sites for hydroxylation is 1. The predicted octanol–water partition coefficient (Wildman–Crippen LogP) is 4.68. The smallest absolute Gasteiger partial charge is 0.123 e. The fraction of sp³-hybridized carbons (Fsp3) is 0.286. The molecular formula is C14H13BrN2S. The maximum atomic E-state index is 9.22. The normalized spacial score (nSPS) is 11.3. The van der Waals surface area contributed by atoms with Crippen LogP contribution < -0.4 is 0 Å². The van der Waals surface area contributed by atoms with E-state index in [1.165, 1.54) is 0 Å². The van der Waals surface area contributed by atoms with Crippen molar-refractivity contribution < 1.29 is 0 Å². The second-order valence-electron chi connectivity index (χ2n) is 4.68. The molecule has 0 saturated carbocycles. The summed E-state index contributed by atoms with van der Waals surface area (Å²) in [5.41, 5.74) is 1.55. The molecule has 1 aromatic heterocycles. The number of hydrogen-bond acceptors (Lipinski definition) is 3. The summed E-state index contributed by atoms with van der Waals surface area (Å²) in [6.07, 6.45) is 0. The van der Waals surface area contributed by atoms with Gasteiger partial charge in [0.25, 0.3) is 0 Å². The van der Waals surface area contributed by atoms with Crippen LogP contribution in [0.1, 0.15) is 24.4 Å². The summed E-state index contributed by atoms with van der Waals surface area (Å²) < 4.78 is 1.04. The molecule has 0 bridgehead atoms. The summed E-state index contributed by atoms with van der Waals surface area (Å²) >= 11 is 5.06. The molecule has 4 heteroatoms. The van der Waals surface area contributed by atoms with Gasteiger partial charge >= 0.3 is 0 Å². The Bertz CT molecular complexity index is 623. The third-order valence-electron chi connectivity index (χ3n) is 2.72. The summed E-state index contributed by atoms with van der Waals surface area (Å²) in [5.74, 6) is 0. The fourth-order valence-corrected chi connectivity index (χ4v) is 3.29. The van der Waals surface area contributed by atoms with Gasteiger partial charge in [0, 0.05) is 14.9 Å². The maximum absolute atomic E-state index is 9.22. The first-order chi connectivity index (χ1) is 8.44. The molecule has 0 spiro atoms. The minimum Gasteiger partial charge on any atom is -0.241 e. The molecule has 0 amide bonds. The molecule has 0 saturated heterocycles. The van der Waals surface area contributed by atoms with Crippen LogP contribution in [0.2, 0.25) is 0 Å². The van der Waals surface area contributed by atoms with Crippen molar-refractivity contribution in [1.29, 1.82) is 5.26 Å². The highest BCUT2D eigenvalue weighted by Gasteiger charge is 2.26. The molecule has 2 rings (SSSR count). The zero-order valence-electron chi connectivity index (χ0n) is 10.5. The number of nitriles is 1.